The number of aliphatic hydroxyl groups is 1. The molecule has 158 valence electrons. The molecule has 0 unspecified atom stereocenters. The molecule has 0 aliphatic carbocycles. The lowest BCUT2D eigenvalue weighted by atomic mass is 10.1. The quantitative estimate of drug-likeness (QED) is 0.518. The number of carbonyl (C=O) groups excluding carboxylic acids is 2. The molecule has 0 atom stereocenters. The zero-order chi connectivity index (χ0) is 21.3. The van der Waals surface area contributed by atoms with Crippen LogP contribution in [0.4, 0.5) is 9.93 Å². The third kappa shape index (κ3) is 6.16. The molecule has 0 bridgehead atoms. The molecule has 9 heteroatoms. The number of aryl methyl sites for hydroxylation is 1. The van der Waals surface area contributed by atoms with E-state index in [2.05, 4.69) is 10.3 Å². The normalized spacial score (nSPS) is 10.7. The monoisotopic (exact) mass is 447 g/mol. The number of benzene rings is 2. The Kier molecular flexibility index (Phi) is 8.01. The highest BCUT2D eigenvalue weighted by atomic mass is 35.5. The fourth-order valence-corrected chi connectivity index (χ4v) is 3.96. The molecule has 0 saturated heterocycles. The van der Waals surface area contributed by atoms with Crippen molar-refractivity contribution >= 4 is 50.3 Å². The number of halogens is 1. The zero-order valence-electron chi connectivity index (χ0n) is 16.2. The molecule has 0 aliphatic rings. The van der Waals surface area contributed by atoms with Crippen LogP contribution in [0.3, 0.4) is 0 Å². The number of para-hydroxylation sites is 1. The van der Waals surface area contributed by atoms with Crippen LogP contribution >= 0.6 is 22.9 Å². The molecule has 2 N–H and O–H groups in total. The number of anilines is 1. The van der Waals surface area contributed by atoms with Crippen molar-refractivity contribution in [2.24, 2.45) is 0 Å². The van der Waals surface area contributed by atoms with Crippen molar-refractivity contribution < 1.29 is 19.4 Å². The second-order valence-corrected chi connectivity index (χ2v) is 7.88. The molecule has 2 amide bonds. The molecule has 0 fully saturated rings. The first-order chi connectivity index (χ1) is 14.6. The maximum absolute atomic E-state index is 12.5. The third-order valence-electron chi connectivity index (χ3n) is 4.39. The van der Waals surface area contributed by atoms with Crippen molar-refractivity contribution in [1.29, 1.82) is 0 Å². The minimum atomic E-state index is -0.637. The first kappa shape index (κ1) is 22.0. The number of nitrogens with one attached hydrogen (secondary N) is 1. The van der Waals surface area contributed by atoms with E-state index in [0.717, 1.165) is 15.8 Å². The fourth-order valence-electron chi connectivity index (χ4n) is 2.88. The summed E-state index contributed by atoms with van der Waals surface area (Å²) in [5.41, 5.74) is 1.69. The first-order valence-corrected chi connectivity index (χ1v) is 10.7. The minimum Gasteiger partial charge on any atom is -0.447 e. The van der Waals surface area contributed by atoms with E-state index < -0.39 is 6.09 Å². The first-order valence-electron chi connectivity index (χ1n) is 9.48. The van der Waals surface area contributed by atoms with Crippen LogP contribution in [0.15, 0.2) is 48.5 Å². The number of ether oxygens (including phenoxy) is 1. The number of thiazole rings is 1. The molecular formula is C21H22ClN3O4S. The van der Waals surface area contributed by atoms with Gasteiger partial charge >= 0.3 is 6.09 Å². The third-order valence-corrected chi connectivity index (χ3v) is 5.71. The molecule has 2 aromatic carbocycles. The number of hydrogen-bond donors (Lipinski definition) is 2. The van der Waals surface area contributed by atoms with E-state index >= 15 is 0 Å². The Labute approximate surface area is 183 Å². The van der Waals surface area contributed by atoms with Gasteiger partial charge in [0.15, 0.2) is 5.13 Å². The van der Waals surface area contributed by atoms with E-state index in [-0.39, 0.29) is 38.6 Å². The van der Waals surface area contributed by atoms with Crippen LogP contribution in [-0.2, 0) is 16.0 Å². The van der Waals surface area contributed by atoms with Gasteiger partial charge in [-0.15, -0.1) is 0 Å². The summed E-state index contributed by atoms with van der Waals surface area (Å²) in [6.07, 6.45) is 0.114. The lowest BCUT2D eigenvalue weighted by Gasteiger charge is -2.21. The van der Waals surface area contributed by atoms with Crippen LogP contribution in [0.5, 0.6) is 0 Å². The highest BCUT2D eigenvalue weighted by Crippen LogP contribution is 2.25. The Morgan fingerprint density at radius 2 is 1.90 bits per heavy atom. The van der Waals surface area contributed by atoms with Crippen LogP contribution in [0.2, 0.25) is 5.02 Å². The zero-order valence-corrected chi connectivity index (χ0v) is 17.8. The van der Waals surface area contributed by atoms with Crippen molar-refractivity contribution in [3.05, 3.63) is 59.1 Å². The topological polar surface area (TPSA) is 91.8 Å². The smallest absolute Gasteiger partial charge is 0.413 e. The summed E-state index contributed by atoms with van der Waals surface area (Å²) < 4.78 is 6.13. The molecule has 0 radical (unpaired) electrons. The standard InChI is InChI=1S/C21H22ClN3O4S/c22-16-6-2-1-5-15(16)9-10-19(27)25(11-13-26)12-14-29-21(28)24-20-23-17-7-3-4-8-18(17)30-20/h1-8,26H,9-14H2,(H,23,24,28). The molecule has 7 nitrogen and oxygen atoms in total. The summed E-state index contributed by atoms with van der Waals surface area (Å²) in [4.78, 5) is 30.3. The van der Waals surface area contributed by atoms with Gasteiger partial charge in [0, 0.05) is 18.0 Å². The minimum absolute atomic E-state index is 0.00849. The second kappa shape index (κ2) is 10.9. The number of carbonyl (C=O) groups is 2. The number of rotatable bonds is 9. The lowest BCUT2D eigenvalue weighted by Crippen LogP contribution is -2.37. The number of fused-ring (bicyclic) bond motifs is 1. The van der Waals surface area contributed by atoms with E-state index in [1.165, 1.54) is 16.2 Å². The van der Waals surface area contributed by atoms with Gasteiger partial charge < -0.3 is 14.7 Å². The summed E-state index contributed by atoms with van der Waals surface area (Å²) in [5.74, 6) is -0.140. The average Bonchev–Trinajstić information content (AvgIpc) is 3.14. The molecular weight excluding hydrogens is 426 g/mol. The Balaban J connectivity index is 1.45. The SMILES string of the molecule is O=C(Nc1nc2ccccc2s1)OCCN(CCO)C(=O)CCc1ccccc1Cl. The van der Waals surface area contributed by atoms with Gasteiger partial charge in [0.25, 0.3) is 0 Å². The molecule has 3 aromatic rings. The largest absolute Gasteiger partial charge is 0.447 e. The molecule has 1 heterocycles. The Hall–Kier alpha value is -2.68. The second-order valence-electron chi connectivity index (χ2n) is 6.44. The predicted molar refractivity (Wildman–Crippen MR) is 118 cm³/mol. The summed E-state index contributed by atoms with van der Waals surface area (Å²) in [6.45, 7) is 0.198. The van der Waals surface area contributed by atoms with E-state index in [9.17, 15) is 14.7 Å². The van der Waals surface area contributed by atoms with E-state index in [1.54, 1.807) is 6.07 Å². The maximum Gasteiger partial charge on any atom is 0.413 e. The Morgan fingerprint density at radius 3 is 2.67 bits per heavy atom. The van der Waals surface area contributed by atoms with Gasteiger partial charge in [-0.1, -0.05) is 53.3 Å². The summed E-state index contributed by atoms with van der Waals surface area (Å²) in [5, 5.41) is 12.9. The van der Waals surface area contributed by atoms with Gasteiger partial charge in [-0.2, -0.15) is 0 Å². The summed E-state index contributed by atoms with van der Waals surface area (Å²) >= 11 is 7.48. The molecule has 0 aliphatic heterocycles. The van der Waals surface area contributed by atoms with E-state index in [4.69, 9.17) is 16.3 Å². The van der Waals surface area contributed by atoms with Crippen LogP contribution < -0.4 is 5.32 Å². The maximum atomic E-state index is 12.5. The highest BCUT2D eigenvalue weighted by Gasteiger charge is 2.15. The van der Waals surface area contributed by atoms with Gasteiger partial charge in [-0.25, -0.2) is 9.78 Å². The molecule has 30 heavy (non-hydrogen) atoms. The number of aromatic nitrogens is 1. The van der Waals surface area contributed by atoms with Crippen LogP contribution in [0.25, 0.3) is 10.2 Å². The Bertz CT molecular complexity index is 978. The van der Waals surface area contributed by atoms with Crippen LogP contribution in [0, 0.1) is 0 Å². The van der Waals surface area contributed by atoms with Gasteiger partial charge in [-0.3, -0.25) is 10.1 Å². The molecule has 0 saturated carbocycles. The molecule has 0 spiro atoms. The van der Waals surface area contributed by atoms with Crippen molar-refractivity contribution in [2.75, 3.05) is 31.6 Å². The number of hydrogen-bond acceptors (Lipinski definition) is 6. The number of amides is 2. The lowest BCUT2D eigenvalue weighted by molar-refractivity contribution is -0.132. The average molecular weight is 448 g/mol. The van der Waals surface area contributed by atoms with E-state index in [1.807, 2.05) is 42.5 Å². The molecule has 1 aromatic heterocycles. The number of nitrogens with zero attached hydrogens (tertiary/aromatic N) is 2. The predicted octanol–water partition coefficient (Wildman–Crippen LogP) is 3.95. The summed E-state index contributed by atoms with van der Waals surface area (Å²) in [6, 6.07) is 14.9. The van der Waals surface area contributed by atoms with Crippen LogP contribution in [-0.4, -0.2) is 53.3 Å². The van der Waals surface area contributed by atoms with Crippen LogP contribution in [0.1, 0.15) is 12.0 Å². The van der Waals surface area contributed by atoms with E-state index in [0.29, 0.717) is 16.6 Å². The van der Waals surface area contributed by atoms with Gasteiger partial charge in [0.2, 0.25) is 5.91 Å². The van der Waals surface area contributed by atoms with Crippen molar-refractivity contribution in [2.45, 2.75) is 12.8 Å². The summed E-state index contributed by atoms with van der Waals surface area (Å²) in [7, 11) is 0. The van der Waals surface area contributed by atoms with Crippen molar-refractivity contribution in [3.63, 3.8) is 0 Å². The van der Waals surface area contributed by atoms with Crippen molar-refractivity contribution in [1.82, 2.24) is 9.88 Å². The van der Waals surface area contributed by atoms with Gasteiger partial charge in [-0.05, 0) is 30.2 Å². The highest BCUT2D eigenvalue weighted by molar-refractivity contribution is 7.22. The Morgan fingerprint density at radius 1 is 1.13 bits per heavy atom. The van der Waals surface area contributed by atoms with Gasteiger partial charge in [0.05, 0.1) is 23.4 Å². The fraction of sp³-hybridized carbons (Fsp3) is 0.286. The van der Waals surface area contributed by atoms with Crippen molar-refractivity contribution in [3.8, 4) is 0 Å². The molecule has 3 rings (SSSR count). The number of aliphatic hydroxyl groups excluding tert-OH is 1. The van der Waals surface area contributed by atoms with Gasteiger partial charge in [0.1, 0.15) is 6.61 Å².